The smallest absolute Gasteiger partial charge is 0.196 e. The van der Waals surface area contributed by atoms with Crippen LogP contribution in [0, 0.1) is 0 Å². The number of ketones is 2. The van der Waals surface area contributed by atoms with Crippen molar-refractivity contribution in [3.05, 3.63) is 118 Å². The van der Waals surface area contributed by atoms with Crippen molar-refractivity contribution < 1.29 is 24.5 Å². The van der Waals surface area contributed by atoms with Gasteiger partial charge in [0, 0.05) is 23.6 Å². The van der Waals surface area contributed by atoms with Gasteiger partial charge in [-0.15, -0.1) is 15.0 Å². The molecular formula is C31H24ClN3O5. The monoisotopic (exact) mass is 553 g/mol. The third kappa shape index (κ3) is 5.17. The van der Waals surface area contributed by atoms with Crippen LogP contribution in [0.3, 0.4) is 0 Å². The second kappa shape index (κ2) is 11.0. The first kappa shape index (κ1) is 26.6. The summed E-state index contributed by atoms with van der Waals surface area (Å²) in [4.78, 5) is 26.2. The Bertz CT molecular complexity index is 1780. The van der Waals surface area contributed by atoms with Gasteiger partial charge in [-0.3, -0.25) is 9.59 Å². The minimum Gasteiger partial charge on any atom is -0.507 e. The molecule has 8 nitrogen and oxygen atoms in total. The molecule has 0 unspecified atom stereocenters. The van der Waals surface area contributed by atoms with E-state index < -0.39 is 0 Å². The van der Waals surface area contributed by atoms with E-state index in [-0.39, 0.29) is 51.5 Å². The van der Waals surface area contributed by atoms with Crippen molar-refractivity contribution in [3.8, 4) is 22.9 Å². The number of hydrogen-bond acceptors (Lipinski definition) is 7. The van der Waals surface area contributed by atoms with Crippen LogP contribution in [0.25, 0.3) is 16.7 Å². The van der Waals surface area contributed by atoms with Crippen molar-refractivity contribution in [3.63, 3.8) is 0 Å². The summed E-state index contributed by atoms with van der Waals surface area (Å²) in [5.74, 6) is -0.692. The first-order valence-corrected chi connectivity index (χ1v) is 12.7. The lowest BCUT2D eigenvalue weighted by atomic mass is 10.0. The topological polar surface area (TPSA) is 115 Å². The molecule has 0 aliphatic rings. The number of carbonyl (C=O) groups excluding carboxylic acids is 2. The first-order valence-electron chi connectivity index (χ1n) is 12.4. The number of ether oxygens (including phenoxy) is 1. The fraction of sp³-hybridized carbons (Fsp3) is 0.0968. The zero-order valence-electron chi connectivity index (χ0n) is 21.5. The summed E-state index contributed by atoms with van der Waals surface area (Å²) in [6.45, 7) is 5.48. The summed E-state index contributed by atoms with van der Waals surface area (Å²) >= 11 is 6.28. The maximum absolute atomic E-state index is 12.7. The molecule has 5 rings (SSSR count). The van der Waals surface area contributed by atoms with E-state index in [1.54, 1.807) is 49.4 Å². The Kier molecular flexibility index (Phi) is 7.35. The highest BCUT2D eigenvalue weighted by molar-refractivity contribution is 6.36. The molecule has 2 N–H and O–H groups in total. The number of nitrogens with zero attached hydrogens (tertiary/aromatic N) is 3. The average molecular weight is 554 g/mol. The van der Waals surface area contributed by atoms with E-state index in [2.05, 4.69) is 16.8 Å². The lowest BCUT2D eigenvalue weighted by molar-refractivity contribution is 0.102. The van der Waals surface area contributed by atoms with Crippen LogP contribution < -0.4 is 4.74 Å². The number of allylic oxidation sites excluding steroid dienone is 1. The van der Waals surface area contributed by atoms with Gasteiger partial charge in [-0.25, -0.2) is 0 Å². The van der Waals surface area contributed by atoms with Crippen molar-refractivity contribution in [2.45, 2.75) is 13.3 Å². The van der Waals surface area contributed by atoms with Crippen LogP contribution in [-0.2, 0) is 6.42 Å². The lowest BCUT2D eigenvalue weighted by Crippen LogP contribution is -2.05. The molecule has 200 valence electrons. The van der Waals surface area contributed by atoms with Gasteiger partial charge in [0.05, 0.1) is 17.2 Å². The molecule has 0 fully saturated rings. The van der Waals surface area contributed by atoms with Crippen LogP contribution >= 0.6 is 11.6 Å². The summed E-state index contributed by atoms with van der Waals surface area (Å²) in [6.07, 6.45) is 0.473. The normalized spacial score (nSPS) is 10.9. The molecule has 0 atom stereocenters. The van der Waals surface area contributed by atoms with Crippen LogP contribution in [-0.4, -0.2) is 43.4 Å². The molecule has 0 aliphatic heterocycles. The zero-order chi connectivity index (χ0) is 28.4. The van der Waals surface area contributed by atoms with Crippen LogP contribution in [0.2, 0.25) is 5.02 Å². The maximum atomic E-state index is 12.7. The third-order valence-electron chi connectivity index (χ3n) is 6.33. The van der Waals surface area contributed by atoms with Gasteiger partial charge >= 0.3 is 0 Å². The Morgan fingerprint density at radius 2 is 1.70 bits per heavy atom. The highest BCUT2D eigenvalue weighted by Gasteiger charge is 2.20. The number of phenols is 2. The summed E-state index contributed by atoms with van der Waals surface area (Å²) in [6, 6.07) is 21.9. The van der Waals surface area contributed by atoms with Crippen LogP contribution in [0.15, 0.2) is 91.0 Å². The molecule has 0 radical (unpaired) electrons. The Labute approximate surface area is 234 Å². The maximum Gasteiger partial charge on any atom is 0.196 e. The molecule has 1 heterocycles. The predicted octanol–water partition coefficient (Wildman–Crippen LogP) is 6.10. The summed E-state index contributed by atoms with van der Waals surface area (Å²) < 4.78 is 5.84. The van der Waals surface area contributed by atoms with Crippen molar-refractivity contribution in [1.29, 1.82) is 0 Å². The number of aromatic hydroxyl groups is 2. The molecule has 5 aromatic rings. The average Bonchev–Trinajstić information content (AvgIpc) is 3.39. The quantitative estimate of drug-likeness (QED) is 0.167. The molecule has 1 aromatic heterocycles. The van der Waals surface area contributed by atoms with Crippen LogP contribution in [0.5, 0.6) is 17.2 Å². The van der Waals surface area contributed by atoms with Gasteiger partial charge in [-0.1, -0.05) is 60.6 Å². The van der Waals surface area contributed by atoms with E-state index >= 15 is 0 Å². The molecule has 4 aromatic carbocycles. The standard InChI is InChI=1S/C31H24ClN3O5/c1-18(2)29(37)23-13-14-25(31(39)27(23)32)35-33-24-10-6-9-19(28(24)34-35)15-16-40-21-11-12-22(26(36)17-21)30(38)20-7-4-3-5-8-20/h3-14,17,36,39H,1,15-16H2,2H3. The SMILES string of the molecule is C=C(C)C(=O)c1ccc(-n2nc3cccc(CCOc4ccc(C(=O)c5ccccc5)c(O)c4)c3n2)c(O)c1Cl. The third-order valence-corrected chi connectivity index (χ3v) is 6.71. The van der Waals surface area contributed by atoms with Gasteiger partial charge in [-0.05, 0) is 48.4 Å². The fourth-order valence-electron chi connectivity index (χ4n) is 4.24. The van der Waals surface area contributed by atoms with E-state index in [4.69, 9.17) is 16.3 Å². The number of fused-ring (bicyclic) bond motifs is 1. The molecule has 0 saturated carbocycles. The van der Waals surface area contributed by atoms with Crippen LogP contribution in [0.1, 0.15) is 38.8 Å². The molecule has 0 bridgehead atoms. The fourth-order valence-corrected chi connectivity index (χ4v) is 4.49. The molecule has 9 heteroatoms. The van der Waals surface area contributed by atoms with Gasteiger partial charge in [0.25, 0.3) is 0 Å². The van der Waals surface area contributed by atoms with E-state index in [9.17, 15) is 19.8 Å². The Morgan fingerprint density at radius 1 is 0.950 bits per heavy atom. The Balaban J connectivity index is 1.32. The number of carbonyl (C=O) groups is 2. The van der Waals surface area contributed by atoms with E-state index in [1.165, 1.54) is 23.0 Å². The summed E-state index contributed by atoms with van der Waals surface area (Å²) in [7, 11) is 0. The van der Waals surface area contributed by atoms with Gasteiger partial charge in [-0.2, -0.15) is 0 Å². The molecule has 0 amide bonds. The Hall–Kier alpha value is -4.95. The van der Waals surface area contributed by atoms with Crippen molar-refractivity contribution >= 4 is 34.2 Å². The van der Waals surface area contributed by atoms with Crippen LogP contribution in [0.4, 0.5) is 0 Å². The number of hydrogen-bond donors (Lipinski definition) is 2. The molecule has 40 heavy (non-hydrogen) atoms. The van der Waals surface area contributed by atoms with Gasteiger partial charge in [0.2, 0.25) is 0 Å². The highest BCUT2D eigenvalue weighted by atomic mass is 35.5. The second-order valence-corrected chi connectivity index (χ2v) is 9.53. The van der Waals surface area contributed by atoms with E-state index in [0.29, 0.717) is 34.3 Å². The number of halogens is 1. The molecule has 0 saturated heterocycles. The Morgan fingerprint density at radius 3 is 2.42 bits per heavy atom. The van der Waals surface area contributed by atoms with Crippen molar-refractivity contribution in [2.75, 3.05) is 6.61 Å². The molecular weight excluding hydrogens is 530 g/mol. The van der Waals surface area contributed by atoms with E-state index in [0.717, 1.165) is 5.56 Å². The van der Waals surface area contributed by atoms with Crippen molar-refractivity contribution in [1.82, 2.24) is 15.0 Å². The highest BCUT2D eigenvalue weighted by Crippen LogP contribution is 2.34. The molecule has 0 aliphatic carbocycles. The first-order chi connectivity index (χ1) is 19.2. The number of phenolic OH excluding ortho intramolecular Hbond substituents is 2. The van der Waals surface area contributed by atoms with Crippen molar-refractivity contribution in [2.24, 2.45) is 0 Å². The van der Waals surface area contributed by atoms with Gasteiger partial charge in [0.15, 0.2) is 17.3 Å². The number of benzene rings is 4. The number of Topliss-reactive ketones (excluding diaryl/α,β-unsaturated/α-hetero) is 1. The number of aromatic nitrogens is 3. The summed E-state index contributed by atoms with van der Waals surface area (Å²) in [5.41, 5.74) is 3.40. The lowest BCUT2D eigenvalue weighted by Gasteiger charge is -2.09. The summed E-state index contributed by atoms with van der Waals surface area (Å²) in [5, 5.41) is 30.0. The second-order valence-electron chi connectivity index (χ2n) is 9.15. The largest absolute Gasteiger partial charge is 0.507 e. The van der Waals surface area contributed by atoms with E-state index in [1.807, 2.05) is 18.2 Å². The minimum absolute atomic E-state index is 0.0970. The van der Waals surface area contributed by atoms with Gasteiger partial charge < -0.3 is 14.9 Å². The molecule has 0 spiro atoms. The predicted molar refractivity (Wildman–Crippen MR) is 152 cm³/mol. The number of rotatable bonds is 9. The minimum atomic E-state index is -0.363. The zero-order valence-corrected chi connectivity index (χ0v) is 22.2. The van der Waals surface area contributed by atoms with Gasteiger partial charge in [0.1, 0.15) is 28.2 Å².